The summed E-state index contributed by atoms with van der Waals surface area (Å²) in [5, 5.41) is 7.87. The topological polar surface area (TPSA) is 0 Å². The van der Waals surface area contributed by atoms with E-state index in [1.54, 1.807) is 0 Å². The molecule has 10 aromatic carbocycles. The van der Waals surface area contributed by atoms with Crippen LogP contribution in [-0.4, -0.2) is 9.52 Å². The Labute approximate surface area is 447 Å². The van der Waals surface area contributed by atoms with E-state index in [-0.39, 0.29) is 18.1 Å². The molecule has 2 unspecified atom stereocenters. The maximum absolute atomic E-state index is 9.71. The molecule has 0 spiro atoms. The van der Waals surface area contributed by atoms with Crippen molar-refractivity contribution in [2.45, 2.75) is 48.8 Å². The van der Waals surface area contributed by atoms with Gasteiger partial charge in [0.05, 0.1) is 0 Å². The Morgan fingerprint density at radius 2 is 0.703 bits per heavy atom. The Morgan fingerprint density at radius 3 is 1.19 bits per heavy atom. The fourth-order valence-corrected chi connectivity index (χ4v) is 41.9. The van der Waals surface area contributed by atoms with Gasteiger partial charge >= 0.3 is 451 Å². The van der Waals surface area contributed by atoms with Crippen LogP contribution in [-0.2, 0) is 16.4 Å². The molecule has 4 heteroatoms. The third-order valence-corrected chi connectivity index (χ3v) is 39.4. The zero-order chi connectivity index (χ0) is 50.8. The molecule has 0 fully saturated rings. The van der Waals surface area contributed by atoms with Gasteiger partial charge in [-0.1, -0.05) is 0 Å². The van der Waals surface area contributed by atoms with Gasteiger partial charge in [0, 0.05) is 0 Å². The van der Waals surface area contributed by atoms with Gasteiger partial charge < -0.3 is 0 Å². The van der Waals surface area contributed by atoms with Crippen LogP contribution in [0.3, 0.4) is 0 Å². The van der Waals surface area contributed by atoms with Crippen molar-refractivity contribution in [3.63, 3.8) is 0 Å². The second kappa shape index (κ2) is 17.5. The summed E-state index contributed by atoms with van der Waals surface area (Å²) in [5.41, 5.74) is 19.5. The normalized spacial score (nSPS) is 16.8. The van der Waals surface area contributed by atoms with E-state index in [1.165, 1.54) is 124 Å². The molecule has 361 valence electrons. The molecule has 74 heavy (non-hydrogen) atoms. The van der Waals surface area contributed by atoms with Crippen molar-refractivity contribution in [1.29, 1.82) is 0 Å². The van der Waals surface area contributed by atoms with Crippen LogP contribution < -0.4 is 13.6 Å². The van der Waals surface area contributed by atoms with Crippen molar-refractivity contribution in [3.05, 3.63) is 246 Å². The molecular weight excluding hydrogens is 1030 g/mol. The third-order valence-electron chi connectivity index (χ3n) is 16.9. The molecule has 0 amide bonds. The molecule has 3 aliphatic rings. The van der Waals surface area contributed by atoms with E-state index < -0.39 is 25.9 Å². The van der Waals surface area contributed by atoms with Crippen molar-refractivity contribution in [2.75, 3.05) is 0 Å². The van der Waals surface area contributed by atoms with Gasteiger partial charge in [0.25, 0.3) is 0 Å². The molecular formula is C70H59Cl2SiZr. The average molecular weight is 1090 g/mol. The Morgan fingerprint density at radius 1 is 0.351 bits per heavy atom. The van der Waals surface area contributed by atoms with Gasteiger partial charge in [0.1, 0.15) is 0 Å². The Bertz CT molecular complexity index is 3810. The molecule has 0 radical (unpaired) electrons. The van der Waals surface area contributed by atoms with Crippen LogP contribution in [0.1, 0.15) is 71.0 Å². The number of fused-ring (bicyclic) bond motifs is 7. The Hall–Kier alpha value is -6.12. The van der Waals surface area contributed by atoms with Crippen LogP contribution >= 0.6 is 17.0 Å². The predicted molar refractivity (Wildman–Crippen MR) is 321 cm³/mol. The summed E-state index contributed by atoms with van der Waals surface area (Å²) in [5.74, 6) is 0. The van der Waals surface area contributed by atoms with Crippen LogP contribution in [0.5, 0.6) is 0 Å². The third kappa shape index (κ3) is 7.30. The summed E-state index contributed by atoms with van der Waals surface area (Å²) in [4.78, 5) is 0. The minimum absolute atomic E-state index is 0.239. The molecule has 0 aromatic heterocycles. The summed E-state index contributed by atoms with van der Waals surface area (Å²) >= 11 is -5.99. The minimum atomic E-state index is -5.99. The van der Waals surface area contributed by atoms with Gasteiger partial charge in [0.15, 0.2) is 0 Å². The molecule has 0 saturated heterocycles. The molecule has 2 aliphatic carbocycles. The van der Waals surface area contributed by atoms with Crippen LogP contribution in [0.4, 0.5) is 0 Å². The summed E-state index contributed by atoms with van der Waals surface area (Å²) in [7, 11) is 18.5. The molecule has 13 rings (SSSR count). The van der Waals surface area contributed by atoms with Gasteiger partial charge in [-0.3, -0.25) is 0 Å². The van der Waals surface area contributed by atoms with E-state index in [0.29, 0.717) is 0 Å². The molecule has 0 nitrogen and oxygen atoms in total. The number of hydrogen-bond acceptors (Lipinski definition) is 0. The van der Waals surface area contributed by atoms with Crippen molar-refractivity contribution in [3.8, 4) is 55.6 Å². The first kappa shape index (κ1) is 47.6. The van der Waals surface area contributed by atoms with E-state index in [0.717, 1.165) is 0 Å². The van der Waals surface area contributed by atoms with Crippen molar-refractivity contribution >= 4 is 73.9 Å². The molecule has 0 bridgehead atoms. The molecule has 10 aromatic rings. The molecule has 1 aliphatic heterocycles. The standard InChI is InChI=1S/2C29H25.C12H9Si.2ClH.Zr/c2*1-29(2,3)22-18-21-12-9-17-27(28(21)19-22)26-15-7-6-14-25(26)24-16-8-11-20-10-4-5-13-23(20)24;1-3-7-11-9(5-1)10-6-2-4-8-12(10)13-11;;;/h2*4-19H,1-3H3;1-7H,13H2;2*1H;/q;;;;;+2/p-2. The van der Waals surface area contributed by atoms with Crippen molar-refractivity contribution < 1.29 is 16.4 Å². The zero-order valence-electron chi connectivity index (χ0n) is 43.0. The number of benzene rings is 10. The summed E-state index contributed by atoms with van der Waals surface area (Å²) in [6.07, 6.45) is 5.08. The number of halogens is 2. The summed E-state index contributed by atoms with van der Waals surface area (Å²) in [6.45, 7) is 14.3. The number of rotatable bonds is 7. The Balaban J connectivity index is 1.10. The van der Waals surface area contributed by atoms with Gasteiger partial charge in [-0.05, 0) is 0 Å². The first-order valence-corrected chi connectivity index (χ1v) is 38.1. The van der Waals surface area contributed by atoms with E-state index in [2.05, 4.69) is 266 Å². The van der Waals surface area contributed by atoms with Crippen LogP contribution in [0.2, 0.25) is 0 Å². The molecule has 1 heterocycles. The van der Waals surface area contributed by atoms with Crippen LogP contribution in [0.15, 0.2) is 223 Å². The quantitative estimate of drug-likeness (QED) is 0.140. The molecule has 2 atom stereocenters. The van der Waals surface area contributed by atoms with E-state index in [4.69, 9.17) is 0 Å². The van der Waals surface area contributed by atoms with Crippen molar-refractivity contribution in [1.82, 2.24) is 0 Å². The second-order valence-corrected chi connectivity index (χ2v) is 45.6. The fraction of sp³-hybridized carbons (Fsp3) is 0.143. The SMILES string of the molecule is CC(C)(C)C1=Cc2c(-c3ccccc3-c3cccc4ccccc34)cccc2[CH]1[Zr]([Cl])([Cl])([c]1cccc2c1[SiH2]c1ccccc1-2)[CH]1C(C(C)(C)C)=Cc2c(-c3ccccc3-c3cccc4ccccc34)cccc21. The average Bonchev–Trinajstić information content (AvgIpc) is 4.15. The van der Waals surface area contributed by atoms with Gasteiger partial charge in [0.2, 0.25) is 0 Å². The fourth-order valence-electron chi connectivity index (χ4n) is 13.6. The molecule has 0 N–H and O–H groups in total. The van der Waals surface area contributed by atoms with Crippen LogP contribution in [0.25, 0.3) is 89.3 Å². The monoisotopic (exact) mass is 1090 g/mol. The van der Waals surface area contributed by atoms with E-state index in [9.17, 15) is 17.0 Å². The van der Waals surface area contributed by atoms with Gasteiger partial charge in [-0.25, -0.2) is 0 Å². The summed E-state index contributed by atoms with van der Waals surface area (Å²) < 4.78 is 0.771. The predicted octanol–water partition coefficient (Wildman–Crippen LogP) is 17.8. The number of hydrogen-bond donors (Lipinski definition) is 0. The van der Waals surface area contributed by atoms with Gasteiger partial charge in [-0.15, -0.1) is 0 Å². The Kier molecular flexibility index (Phi) is 11.2. The zero-order valence-corrected chi connectivity index (χ0v) is 48.4. The van der Waals surface area contributed by atoms with E-state index in [1.807, 2.05) is 0 Å². The summed E-state index contributed by atoms with van der Waals surface area (Å²) in [6, 6.07) is 79.0. The first-order valence-electron chi connectivity index (χ1n) is 26.3. The van der Waals surface area contributed by atoms with E-state index >= 15 is 0 Å². The molecule has 0 saturated carbocycles. The second-order valence-electron chi connectivity index (χ2n) is 23.1. The van der Waals surface area contributed by atoms with Crippen molar-refractivity contribution in [2.24, 2.45) is 10.8 Å². The van der Waals surface area contributed by atoms with Gasteiger partial charge in [-0.2, -0.15) is 0 Å². The maximum atomic E-state index is 9.71. The number of allylic oxidation sites excluding steroid dienone is 2. The first-order chi connectivity index (χ1) is 35.7. The van der Waals surface area contributed by atoms with Crippen LogP contribution in [0, 0.1) is 10.8 Å².